The van der Waals surface area contributed by atoms with E-state index < -0.39 is 17.5 Å². The number of furan rings is 1. The van der Waals surface area contributed by atoms with Gasteiger partial charge in [0.1, 0.15) is 28.5 Å². The second kappa shape index (κ2) is 8.67. The standard InChI is InChI=1S/C24H19NO5S/c1-16(26)23-17(2)29-22-14-13-18(15-21(22)23)25(31(28)20-11-7-4-8-12-20)24(27)30-19-9-5-3-6-10-19/h3-15H,1-2H3. The molecule has 0 aliphatic carbocycles. The third-order valence-electron chi connectivity index (χ3n) is 4.66. The summed E-state index contributed by atoms with van der Waals surface area (Å²) in [5.41, 5.74) is 1.26. The van der Waals surface area contributed by atoms with Crippen molar-refractivity contribution in [1.29, 1.82) is 0 Å². The minimum absolute atomic E-state index is 0.156. The second-order valence-corrected chi connectivity index (χ2v) is 8.14. The Morgan fingerprint density at radius 2 is 1.61 bits per heavy atom. The Morgan fingerprint density at radius 1 is 0.968 bits per heavy atom. The molecule has 4 rings (SSSR count). The van der Waals surface area contributed by atoms with Crippen LogP contribution in [0, 0.1) is 6.92 Å². The SMILES string of the molecule is CC(=O)c1c(C)oc2ccc(N(C(=O)Oc3ccccc3)[S+]([O-])c3ccccc3)cc12. The fraction of sp³-hybridized carbons (Fsp3) is 0.0833. The van der Waals surface area contributed by atoms with Gasteiger partial charge in [0, 0.05) is 5.39 Å². The Bertz CT molecular complexity index is 1240. The molecule has 1 amide bonds. The summed E-state index contributed by atoms with van der Waals surface area (Å²) in [6.07, 6.45) is -0.808. The van der Waals surface area contributed by atoms with E-state index in [1.165, 1.54) is 6.92 Å². The zero-order valence-corrected chi connectivity index (χ0v) is 17.7. The molecule has 0 saturated carbocycles. The van der Waals surface area contributed by atoms with Gasteiger partial charge >= 0.3 is 6.09 Å². The number of benzene rings is 3. The number of ether oxygens (including phenoxy) is 1. The van der Waals surface area contributed by atoms with Gasteiger partial charge in [-0.1, -0.05) is 40.7 Å². The van der Waals surface area contributed by atoms with E-state index in [1.54, 1.807) is 85.8 Å². The van der Waals surface area contributed by atoms with Crippen LogP contribution in [0.25, 0.3) is 11.0 Å². The monoisotopic (exact) mass is 433 g/mol. The zero-order valence-electron chi connectivity index (χ0n) is 16.9. The molecule has 1 aromatic heterocycles. The molecule has 31 heavy (non-hydrogen) atoms. The van der Waals surface area contributed by atoms with Gasteiger partial charge < -0.3 is 13.7 Å². The number of aryl methyl sites for hydroxylation is 1. The minimum Gasteiger partial charge on any atom is -0.587 e. The molecular formula is C24H19NO5S. The molecule has 1 atom stereocenters. The lowest BCUT2D eigenvalue weighted by Crippen LogP contribution is -2.39. The Labute approximate surface area is 182 Å². The molecule has 0 spiro atoms. The molecule has 1 heterocycles. The van der Waals surface area contributed by atoms with Gasteiger partial charge in [-0.05, 0) is 56.3 Å². The van der Waals surface area contributed by atoms with E-state index in [0.717, 1.165) is 4.31 Å². The minimum atomic E-state index is -1.89. The first-order valence-corrected chi connectivity index (χ1v) is 10.6. The molecule has 6 nitrogen and oxygen atoms in total. The number of nitrogens with zero attached hydrogens (tertiary/aromatic N) is 1. The van der Waals surface area contributed by atoms with E-state index in [1.807, 2.05) is 0 Å². The molecule has 1 unspecified atom stereocenters. The molecule has 156 valence electrons. The number of amides is 1. The van der Waals surface area contributed by atoms with Crippen molar-refractivity contribution in [2.75, 3.05) is 4.31 Å². The van der Waals surface area contributed by atoms with Crippen molar-refractivity contribution in [3.05, 3.63) is 90.2 Å². The maximum absolute atomic E-state index is 13.4. The summed E-state index contributed by atoms with van der Waals surface area (Å²) < 4.78 is 25.6. The van der Waals surface area contributed by atoms with Crippen LogP contribution >= 0.6 is 0 Å². The topological polar surface area (TPSA) is 82.8 Å². The number of rotatable bonds is 5. The third-order valence-corrected chi connectivity index (χ3v) is 6.03. The smallest absolute Gasteiger partial charge is 0.462 e. The van der Waals surface area contributed by atoms with Crippen LogP contribution in [0.15, 0.2) is 88.2 Å². The van der Waals surface area contributed by atoms with Crippen molar-refractivity contribution in [2.24, 2.45) is 0 Å². The first-order chi connectivity index (χ1) is 15.0. The normalized spacial score (nSPS) is 11.8. The fourth-order valence-corrected chi connectivity index (χ4v) is 4.39. The summed E-state index contributed by atoms with van der Waals surface area (Å²) in [5, 5.41) is 0.546. The first kappa shape index (κ1) is 20.7. The number of fused-ring (bicyclic) bond motifs is 1. The van der Waals surface area contributed by atoms with Crippen molar-refractivity contribution in [2.45, 2.75) is 18.7 Å². The molecule has 0 bridgehead atoms. The third kappa shape index (κ3) is 4.19. The van der Waals surface area contributed by atoms with E-state index in [9.17, 15) is 14.1 Å². The largest absolute Gasteiger partial charge is 0.587 e. The lowest BCUT2D eigenvalue weighted by Gasteiger charge is -2.23. The highest BCUT2D eigenvalue weighted by Crippen LogP contribution is 2.32. The molecule has 0 aliphatic rings. The average molecular weight is 433 g/mol. The Hall–Kier alpha value is -3.55. The van der Waals surface area contributed by atoms with E-state index in [-0.39, 0.29) is 5.78 Å². The molecule has 4 aromatic rings. The van der Waals surface area contributed by atoms with Gasteiger partial charge in [-0.25, -0.2) is 4.79 Å². The van der Waals surface area contributed by atoms with Gasteiger partial charge in [-0.3, -0.25) is 4.79 Å². The molecule has 0 fully saturated rings. The Morgan fingerprint density at radius 3 is 2.26 bits per heavy atom. The van der Waals surface area contributed by atoms with Crippen LogP contribution in [0.4, 0.5) is 10.5 Å². The predicted octanol–water partition coefficient (Wildman–Crippen LogP) is 5.67. The quantitative estimate of drug-likeness (QED) is 0.299. The van der Waals surface area contributed by atoms with Crippen LogP contribution in [0.1, 0.15) is 23.0 Å². The number of ketones is 1. The number of anilines is 1. The molecule has 0 N–H and O–H groups in total. The van der Waals surface area contributed by atoms with E-state index in [4.69, 9.17) is 9.15 Å². The van der Waals surface area contributed by atoms with E-state index in [2.05, 4.69) is 0 Å². The summed E-state index contributed by atoms with van der Waals surface area (Å²) in [5.74, 6) is 0.658. The molecule has 3 aromatic carbocycles. The van der Waals surface area contributed by atoms with Crippen molar-refractivity contribution in [3.63, 3.8) is 0 Å². The molecule has 0 saturated heterocycles. The van der Waals surface area contributed by atoms with Crippen LogP contribution in [0.2, 0.25) is 0 Å². The number of para-hydroxylation sites is 1. The number of carbonyl (C=O) groups is 2. The van der Waals surface area contributed by atoms with Crippen LogP contribution in [-0.2, 0) is 11.4 Å². The maximum Gasteiger partial charge on any atom is 0.462 e. The lowest BCUT2D eigenvalue weighted by molar-refractivity contribution is 0.101. The maximum atomic E-state index is 13.4. The molecular weight excluding hydrogens is 414 g/mol. The van der Waals surface area contributed by atoms with Gasteiger partial charge in [-0.2, -0.15) is 0 Å². The van der Waals surface area contributed by atoms with Crippen molar-refractivity contribution < 1.29 is 23.3 Å². The Balaban J connectivity index is 1.81. The zero-order chi connectivity index (χ0) is 22.0. The van der Waals surface area contributed by atoms with E-state index in [0.29, 0.717) is 38.6 Å². The molecule has 0 radical (unpaired) electrons. The van der Waals surface area contributed by atoms with Crippen LogP contribution in [0.5, 0.6) is 5.75 Å². The highest BCUT2D eigenvalue weighted by molar-refractivity contribution is 7.93. The predicted molar refractivity (Wildman–Crippen MR) is 119 cm³/mol. The van der Waals surface area contributed by atoms with Crippen LogP contribution in [0.3, 0.4) is 0 Å². The fourth-order valence-electron chi connectivity index (χ4n) is 3.31. The Kier molecular flexibility index (Phi) is 5.79. The van der Waals surface area contributed by atoms with Gasteiger partial charge in [0.25, 0.3) is 0 Å². The average Bonchev–Trinajstić information content (AvgIpc) is 3.10. The summed E-state index contributed by atoms with van der Waals surface area (Å²) in [6.45, 7) is 3.16. The summed E-state index contributed by atoms with van der Waals surface area (Å²) in [7, 11) is 0. The van der Waals surface area contributed by atoms with Crippen molar-refractivity contribution >= 4 is 39.9 Å². The van der Waals surface area contributed by atoms with Crippen LogP contribution in [-0.4, -0.2) is 16.4 Å². The van der Waals surface area contributed by atoms with Gasteiger partial charge in [0.15, 0.2) is 10.7 Å². The van der Waals surface area contributed by atoms with Gasteiger partial charge in [0.2, 0.25) is 0 Å². The first-order valence-electron chi connectivity index (χ1n) is 9.53. The van der Waals surface area contributed by atoms with Crippen LogP contribution < -0.4 is 9.04 Å². The number of hydrogen-bond donors (Lipinski definition) is 0. The highest BCUT2D eigenvalue weighted by Gasteiger charge is 2.33. The van der Waals surface area contributed by atoms with Gasteiger partial charge in [0.05, 0.1) is 11.3 Å². The summed E-state index contributed by atoms with van der Waals surface area (Å²) in [6, 6.07) is 22.0. The van der Waals surface area contributed by atoms with Gasteiger partial charge in [-0.15, -0.1) is 0 Å². The summed E-state index contributed by atoms with van der Waals surface area (Å²) >= 11 is -1.89. The number of Topliss-reactive ketones (excluding diaryl/α,β-unsaturated/α-hetero) is 1. The molecule has 7 heteroatoms. The summed E-state index contributed by atoms with van der Waals surface area (Å²) in [4.78, 5) is 25.7. The van der Waals surface area contributed by atoms with Crippen molar-refractivity contribution in [1.82, 2.24) is 0 Å². The van der Waals surface area contributed by atoms with Crippen molar-refractivity contribution in [3.8, 4) is 5.75 Å². The highest BCUT2D eigenvalue weighted by atomic mass is 32.2. The van der Waals surface area contributed by atoms with E-state index >= 15 is 0 Å². The second-order valence-electron chi connectivity index (χ2n) is 6.81. The molecule has 0 aliphatic heterocycles. The number of hydrogen-bond acceptors (Lipinski definition) is 5. The lowest BCUT2D eigenvalue weighted by atomic mass is 10.1. The number of carbonyl (C=O) groups excluding carboxylic acids is 2.